The molecule has 0 saturated carbocycles. The fourth-order valence-electron chi connectivity index (χ4n) is 1.13. The van der Waals surface area contributed by atoms with E-state index in [0.717, 1.165) is 6.26 Å². The lowest BCUT2D eigenvalue weighted by Gasteiger charge is -2.08. The Morgan fingerprint density at radius 1 is 1.53 bits per heavy atom. The number of nitrogens with two attached hydrogens (primary N) is 1. The molecule has 0 aliphatic heterocycles. The monoisotopic (exact) mass is 255 g/mol. The molecule has 7 nitrogen and oxygen atoms in total. The molecule has 0 aliphatic rings. The van der Waals surface area contributed by atoms with E-state index in [1.54, 1.807) is 0 Å². The summed E-state index contributed by atoms with van der Waals surface area (Å²) in [5.41, 5.74) is 6.27. The van der Waals surface area contributed by atoms with Crippen LogP contribution in [0, 0.1) is 11.3 Å². The molecule has 8 heteroatoms. The minimum atomic E-state index is -3.20. The van der Waals surface area contributed by atoms with Crippen molar-refractivity contribution < 1.29 is 8.42 Å². The molecule has 0 radical (unpaired) electrons. The molecular formula is C9H13N5O2S. The molecule has 0 fully saturated rings. The third kappa shape index (κ3) is 4.26. The molecule has 1 heterocycles. The van der Waals surface area contributed by atoms with Gasteiger partial charge in [-0.15, -0.1) is 0 Å². The van der Waals surface area contributed by atoms with Crippen LogP contribution in [0.1, 0.15) is 5.56 Å². The van der Waals surface area contributed by atoms with Gasteiger partial charge in [0.2, 0.25) is 10.0 Å². The van der Waals surface area contributed by atoms with Crippen molar-refractivity contribution in [3.05, 3.63) is 17.8 Å². The summed E-state index contributed by atoms with van der Waals surface area (Å²) < 4.78 is 23.9. The zero-order chi connectivity index (χ0) is 12.9. The summed E-state index contributed by atoms with van der Waals surface area (Å²) in [4.78, 5) is 3.96. The van der Waals surface area contributed by atoms with E-state index in [-0.39, 0.29) is 12.2 Å². The van der Waals surface area contributed by atoms with E-state index < -0.39 is 10.0 Å². The number of pyridine rings is 1. The second-order valence-corrected chi connectivity index (χ2v) is 5.16. The maximum atomic E-state index is 10.8. The van der Waals surface area contributed by atoms with Crippen molar-refractivity contribution in [1.29, 1.82) is 5.26 Å². The second-order valence-electron chi connectivity index (χ2n) is 3.33. The molecule has 0 amide bonds. The number of sulfonamides is 1. The van der Waals surface area contributed by atoms with E-state index in [1.807, 2.05) is 6.07 Å². The van der Waals surface area contributed by atoms with Crippen LogP contribution in [0.3, 0.4) is 0 Å². The highest BCUT2D eigenvalue weighted by molar-refractivity contribution is 7.88. The van der Waals surface area contributed by atoms with E-state index in [2.05, 4.69) is 15.0 Å². The number of rotatable bonds is 5. The topological polar surface area (TPSA) is 121 Å². The molecule has 0 aliphatic carbocycles. The lowest BCUT2D eigenvalue weighted by molar-refractivity contribution is 0.589. The molecule has 0 unspecified atom stereocenters. The van der Waals surface area contributed by atoms with Crippen molar-refractivity contribution in [3.63, 3.8) is 0 Å². The van der Waals surface area contributed by atoms with Gasteiger partial charge in [-0.25, -0.2) is 18.1 Å². The molecule has 0 saturated heterocycles. The van der Waals surface area contributed by atoms with Crippen molar-refractivity contribution in [2.45, 2.75) is 0 Å². The first-order chi connectivity index (χ1) is 7.94. The number of nitriles is 1. The zero-order valence-corrected chi connectivity index (χ0v) is 10.1. The first kappa shape index (κ1) is 13.2. The van der Waals surface area contributed by atoms with Crippen LogP contribution >= 0.6 is 0 Å². The molecule has 1 aromatic heterocycles. The van der Waals surface area contributed by atoms with E-state index in [0.29, 0.717) is 17.9 Å². The van der Waals surface area contributed by atoms with Crippen LogP contribution in [0.4, 0.5) is 11.5 Å². The first-order valence-electron chi connectivity index (χ1n) is 4.77. The molecule has 1 rings (SSSR count). The minimum absolute atomic E-state index is 0.219. The molecule has 1 aromatic rings. The molecule has 0 bridgehead atoms. The van der Waals surface area contributed by atoms with Gasteiger partial charge < -0.3 is 11.1 Å². The van der Waals surface area contributed by atoms with E-state index in [4.69, 9.17) is 11.0 Å². The van der Waals surface area contributed by atoms with Gasteiger partial charge >= 0.3 is 0 Å². The maximum Gasteiger partial charge on any atom is 0.208 e. The summed E-state index contributed by atoms with van der Waals surface area (Å²) in [6.07, 6.45) is 2.54. The van der Waals surface area contributed by atoms with Gasteiger partial charge in [0.1, 0.15) is 6.07 Å². The smallest absolute Gasteiger partial charge is 0.208 e. The Bertz CT molecular complexity index is 535. The number of anilines is 2. The lowest BCUT2D eigenvalue weighted by atomic mass is 10.2. The van der Waals surface area contributed by atoms with Crippen LogP contribution in [-0.4, -0.2) is 32.7 Å². The molecule has 0 atom stereocenters. The molecular weight excluding hydrogens is 242 g/mol. The highest BCUT2D eigenvalue weighted by atomic mass is 32.2. The molecule has 92 valence electrons. The third-order valence-corrected chi connectivity index (χ3v) is 2.62. The number of nitrogens with one attached hydrogen (secondary N) is 2. The zero-order valence-electron chi connectivity index (χ0n) is 9.27. The van der Waals surface area contributed by atoms with Gasteiger partial charge in [-0.2, -0.15) is 5.26 Å². The molecule has 0 aromatic carbocycles. The van der Waals surface area contributed by atoms with E-state index in [9.17, 15) is 8.42 Å². The second kappa shape index (κ2) is 5.47. The number of hydrogen-bond donors (Lipinski definition) is 3. The Kier molecular flexibility index (Phi) is 4.25. The number of nitrogens with zero attached hydrogens (tertiary/aromatic N) is 2. The largest absolute Gasteiger partial charge is 0.395 e. The summed E-state index contributed by atoms with van der Waals surface area (Å²) >= 11 is 0. The van der Waals surface area contributed by atoms with Crippen molar-refractivity contribution in [3.8, 4) is 6.07 Å². The van der Waals surface area contributed by atoms with Gasteiger partial charge in [0.25, 0.3) is 0 Å². The third-order valence-electron chi connectivity index (χ3n) is 1.89. The normalized spacial score (nSPS) is 10.8. The summed E-state index contributed by atoms with van der Waals surface area (Å²) in [6.45, 7) is 0.551. The van der Waals surface area contributed by atoms with Crippen molar-refractivity contribution in [1.82, 2.24) is 9.71 Å². The quantitative estimate of drug-likeness (QED) is 0.610. The predicted octanol–water partition coefficient (Wildman–Crippen LogP) is -0.503. The average Bonchev–Trinajstić information content (AvgIpc) is 2.25. The average molecular weight is 255 g/mol. The highest BCUT2D eigenvalue weighted by Gasteiger charge is 2.05. The summed E-state index contributed by atoms with van der Waals surface area (Å²) in [5.74, 6) is 0.374. The minimum Gasteiger partial charge on any atom is -0.395 e. The van der Waals surface area contributed by atoms with E-state index in [1.165, 1.54) is 12.3 Å². The lowest BCUT2D eigenvalue weighted by Crippen LogP contribution is -2.28. The highest BCUT2D eigenvalue weighted by Crippen LogP contribution is 2.18. The summed E-state index contributed by atoms with van der Waals surface area (Å²) in [6, 6.07) is 3.44. The summed E-state index contributed by atoms with van der Waals surface area (Å²) in [7, 11) is -3.20. The van der Waals surface area contributed by atoms with Gasteiger partial charge in [-0.3, -0.25) is 0 Å². The molecule has 0 spiro atoms. The number of hydrogen-bond acceptors (Lipinski definition) is 6. The van der Waals surface area contributed by atoms with Crippen LogP contribution in [0.5, 0.6) is 0 Å². The van der Waals surface area contributed by atoms with Crippen molar-refractivity contribution in [2.75, 3.05) is 30.4 Å². The molecule has 4 N–H and O–H groups in total. The Hall–Kier alpha value is -1.85. The summed E-state index contributed by atoms with van der Waals surface area (Å²) in [5, 5.41) is 11.6. The van der Waals surface area contributed by atoms with Gasteiger partial charge in [-0.05, 0) is 6.07 Å². The van der Waals surface area contributed by atoms with Crippen LogP contribution in [-0.2, 0) is 10.0 Å². The number of aromatic nitrogens is 1. The Labute approximate surface area is 99.7 Å². The predicted molar refractivity (Wildman–Crippen MR) is 64.7 cm³/mol. The Balaban J connectivity index is 2.56. The molecule has 17 heavy (non-hydrogen) atoms. The van der Waals surface area contributed by atoms with Gasteiger partial charge in [0.05, 0.1) is 17.5 Å². The van der Waals surface area contributed by atoms with Gasteiger partial charge in [0, 0.05) is 19.3 Å². The van der Waals surface area contributed by atoms with Gasteiger partial charge in [0.15, 0.2) is 5.82 Å². The first-order valence-corrected chi connectivity index (χ1v) is 6.66. The fraction of sp³-hybridized carbons (Fsp3) is 0.333. The van der Waals surface area contributed by atoms with Crippen LogP contribution in [0.25, 0.3) is 0 Å². The SMILES string of the molecule is CS(=O)(=O)NCCNc1nccc(C#N)c1N. The maximum absolute atomic E-state index is 10.8. The number of nitrogen functional groups attached to an aromatic ring is 1. The van der Waals surface area contributed by atoms with Crippen LogP contribution in [0.2, 0.25) is 0 Å². The fourth-order valence-corrected chi connectivity index (χ4v) is 1.60. The van der Waals surface area contributed by atoms with Crippen molar-refractivity contribution >= 4 is 21.5 Å². The van der Waals surface area contributed by atoms with E-state index >= 15 is 0 Å². The van der Waals surface area contributed by atoms with Gasteiger partial charge in [-0.1, -0.05) is 0 Å². The van der Waals surface area contributed by atoms with Crippen molar-refractivity contribution in [2.24, 2.45) is 0 Å². The Morgan fingerprint density at radius 2 is 2.24 bits per heavy atom. The standard InChI is InChI=1S/C9H13N5O2S/c1-17(15,16)14-5-4-13-9-8(11)7(6-10)2-3-12-9/h2-3,14H,4-5,11H2,1H3,(H,12,13). The van der Waals surface area contributed by atoms with Crippen LogP contribution in [0.15, 0.2) is 12.3 Å². The Morgan fingerprint density at radius 3 is 2.82 bits per heavy atom. The van der Waals surface area contributed by atoms with Crippen LogP contribution < -0.4 is 15.8 Å².